The van der Waals surface area contributed by atoms with Crippen LogP contribution in [0.5, 0.6) is 23.0 Å². The largest absolute Gasteiger partial charge is 0.491 e. The first-order chi connectivity index (χ1) is 15.4. The topological polar surface area (TPSA) is 27.7 Å². The Balaban J connectivity index is 1.57. The summed E-state index contributed by atoms with van der Waals surface area (Å²) in [6.45, 7) is 3.58. The fourth-order valence-corrected chi connectivity index (χ4v) is 3.70. The Morgan fingerprint density at radius 2 is 1.59 bits per heavy atom. The summed E-state index contributed by atoms with van der Waals surface area (Å²) in [5.74, 6) is -4.47. The van der Waals surface area contributed by atoms with Crippen LogP contribution in [-0.4, -0.2) is 6.61 Å². The predicted molar refractivity (Wildman–Crippen MR) is 112 cm³/mol. The van der Waals surface area contributed by atoms with Crippen LogP contribution in [0.4, 0.5) is 17.6 Å². The number of hydrogen-bond donors (Lipinski definition) is 0. The third kappa shape index (κ3) is 4.11. The lowest BCUT2D eigenvalue weighted by Crippen LogP contribution is -2.11. The molecule has 3 aromatic rings. The highest BCUT2D eigenvalue weighted by atomic mass is 19.2. The van der Waals surface area contributed by atoms with Crippen LogP contribution in [0.15, 0.2) is 36.4 Å². The van der Waals surface area contributed by atoms with Crippen LogP contribution in [0.25, 0.3) is 0 Å². The highest BCUT2D eigenvalue weighted by molar-refractivity contribution is 5.54. The minimum Gasteiger partial charge on any atom is -0.491 e. The van der Waals surface area contributed by atoms with E-state index in [1.54, 1.807) is 19.1 Å². The van der Waals surface area contributed by atoms with Crippen molar-refractivity contribution < 1.29 is 31.8 Å². The van der Waals surface area contributed by atoms with Gasteiger partial charge in [0, 0.05) is 23.1 Å². The zero-order chi connectivity index (χ0) is 22.8. The number of benzene rings is 3. The maximum Gasteiger partial charge on any atom is 0.205 e. The molecule has 0 atom stereocenters. The van der Waals surface area contributed by atoms with Crippen molar-refractivity contribution in [3.8, 4) is 23.0 Å². The summed E-state index contributed by atoms with van der Waals surface area (Å²) in [6, 6.07) is 9.17. The summed E-state index contributed by atoms with van der Waals surface area (Å²) >= 11 is 0. The third-order valence-electron chi connectivity index (χ3n) is 5.27. The molecular formula is C25H22F4O3. The molecule has 0 bridgehead atoms. The fourth-order valence-electron chi connectivity index (χ4n) is 3.70. The Morgan fingerprint density at radius 3 is 2.31 bits per heavy atom. The van der Waals surface area contributed by atoms with Gasteiger partial charge in [-0.3, -0.25) is 0 Å². The molecule has 0 saturated heterocycles. The Labute approximate surface area is 183 Å². The first-order valence-corrected chi connectivity index (χ1v) is 10.5. The van der Waals surface area contributed by atoms with E-state index >= 15 is 4.39 Å². The van der Waals surface area contributed by atoms with Crippen molar-refractivity contribution in [3.63, 3.8) is 0 Å². The number of hydrogen-bond acceptors (Lipinski definition) is 3. The van der Waals surface area contributed by atoms with E-state index in [1.165, 1.54) is 24.3 Å². The zero-order valence-electron chi connectivity index (χ0n) is 17.7. The summed E-state index contributed by atoms with van der Waals surface area (Å²) in [5.41, 5.74) is 1.79. The number of halogens is 4. The Hall–Kier alpha value is -3.22. The molecule has 0 unspecified atom stereocenters. The van der Waals surface area contributed by atoms with Crippen LogP contribution in [0.1, 0.15) is 42.5 Å². The van der Waals surface area contributed by atoms with E-state index in [-0.39, 0.29) is 48.2 Å². The van der Waals surface area contributed by atoms with Gasteiger partial charge >= 0.3 is 0 Å². The molecule has 0 amide bonds. The van der Waals surface area contributed by atoms with Gasteiger partial charge in [-0.2, -0.15) is 8.78 Å². The van der Waals surface area contributed by atoms with E-state index in [1.807, 2.05) is 6.92 Å². The van der Waals surface area contributed by atoms with Crippen LogP contribution < -0.4 is 14.2 Å². The standard InChI is InChI=1S/C25H22F4O3/c1-3-5-14-6-9-19(18(26)10-14)31-13-16-8-7-15-11-17-12-20(30-4-2)22(28)23(29)25(17)32-24(15)21(16)27/h6-10,12H,3-5,11,13H2,1-2H3. The summed E-state index contributed by atoms with van der Waals surface area (Å²) in [7, 11) is 0. The molecule has 0 N–H and O–H groups in total. The Morgan fingerprint density at radius 1 is 0.812 bits per heavy atom. The molecule has 1 aliphatic heterocycles. The van der Waals surface area contributed by atoms with Gasteiger partial charge in [-0.1, -0.05) is 31.5 Å². The Bertz CT molecular complexity index is 1160. The van der Waals surface area contributed by atoms with Crippen molar-refractivity contribution in [1.82, 2.24) is 0 Å². The average Bonchev–Trinajstić information content (AvgIpc) is 2.77. The van der Waals surface area contributed by atoms with E-state index in [0.29, 0.717) is 11.1 Å². The molecule has 4 rings (SSSR count). The normalized spacial score (nSPS) is 12.1. The first kappa shape index (κ1) is 22.0. The van der Waals surface area contributed by atoms with Crippen molar-refractivity contribution in [2.45, 2.75) is 39.7 Å². The van der Waals surface area contributed by atoms with Gasteiger partial charge in [0.25, 0.3) is 0 Å². The molecule has 1 aliphatic rings. The van der Waals surface area contributed by atoms with Gasteiger partial charge in [-0.15, -0.1) is 0 Å². The van der Waals surface area contributed by atoms with Crippen LogP contribution in [0, 0.1) is 23.3 Å². The summed E-state index contributed by atoms with van der Waals surface area (Å²) < 4.78 is 74.1. The van der Waals surface area contributed by atoms with Crippen molar-refractivity contribution in [1.29, 1.82) is 0 Å². The van der Waals surface area contributed by atoms with Crippen molar-refractivity contribution >= 4 is 0 Å². The molecule has 7 heteroatoms. The Kier molecular flexibility index (Phi) is 6.26. The molecule has 3 aromatic carbocycles. The van der Waals surface area contributed by atoms with E-state index in [0.717, 1.165) is 18.4 Å². The van der Waals surface area contributed by atoms with Gasteiger partial charge in [0.05, 0.1) is 6.61 Å². The highest BCUT2D eigenvalue weighted by Crippen LogP contribution is 2.43. The molecule has 3 nitrogen and oxygen atoms in total. The maximum atomic E-state index is 15.1. The van der Waals surface area contributed by atoms with Gasteiger partial charge in [0.1, 0.15) is 6.61 Å². The SMILES string of the molecule is CCCc1ccc(OCc2ccc3c(c2F)Oc2c(cc(OCC)c(F)c2F)C3)c(F)c1. The number of ether oxygens (including phenoxy) is 3. The lowest BCUT2D eigenvalue weighted by molar-refractivity contribution is 0.281. The van der Waals surface area contributed by atoms with E-state index in [4.69, 9.17) is 14.2 Å². The molecule has 168 valence electrons. The second-order valence-electron chi connectivity index (χ2n) is 7.53. The predicted octanol–water partition coefficient (Wildman–Crippen LogP) is 6.87. The minimum absolute atomic E-state index is 0.00445. The molecule has 0 spiro atoms. The summed E-state index contributed by atoms with van der Waals surface area (Å²) in [5, 5.41) is 0. The molecular weight excluding hydrogens is 424 g/mol. The smallest absolute Gasteiger partial charge is 0.205 e. The van der Waals surface area contributed by atoms with Crippen LogP contribution in [0.2, 0.25) is 0 Å². The zero-order valence-corrected chi connectivity index (χ0v) is 17.7. The number of aryl methyl sites for hydroxylation is 1. The maximum absolute atomic E-state index is 15.1. The van der Waals surface area contributed by atoms with Gasteiger partial charge in [0.2, 0.25) is 11.6 Å². The lowest BCUT2D eigenvalue weighted by atomic mass is 9.98. The second kappa shape index (κ2) is 9.10. The van der Waals surface area contributed by atoms with E-state index in [2.05, 4.69) is 0 Å². The second-order valence-corrected chi connectivity index (χ2v) is 7.53. The summed E-state index contributed by atoms with van der Waals surface area (Å²) in [4.78, 5) is 0. The van der Waals surface area contributed by atoms with E-state index < -0.39 is 23.3 Å². The number of fused-ring (bicyclic) bond motifs is 2. The molecule has 0 aliphatic carbocycles. The molecule has 0 aromatic heterocycles. The summed E-state index contributed by atoms with van der Waals surface area (Å²) in [6.07, 6.45) is 1.78. The van der Waals surface area contributed by atoms with Gasteiger partial charge < -0.3 is 14.2 Å². The van der Waals surface area contributed by atoms with Gasteiger partial charge in [-0.25, -0.2) is 8.78 Å². The lowest BCUT2D eigenvalue weighted by Gasteiger charge is -2.23. The average molecular weight is 446 g/mol. The molecule has 0 radical (unpaired) electrons. The van der Waals surface area contributed by atoms with Crippen molar-refractivity contribution in [2.75, 3.05) is 6.61 Å². The highest BCUT2D eigenvalue weighted by Gasteiger charge is 2.29. The van der Waals surface area contributed by atoms with Gasteiger partial charge in [0.15, 0.2) is 34.6 Å². The molecule has 0 fully saturated rings. The van der Waals surface area contributed by atoms with Crippen molar-refractivity contribution in [2.24, 2.45) is 0 Å². The van der Waals surface area contributed by atoms with Crippen LogP contribution in [-0.2, 0) is 19.4 Å². The monoisotopic (exact) mass is 446 g/mol. The molecule has 1 heterocycles. The number of rotatable bonds is 7. The van der Waals surface area contributed by atoms with Crippen LogP contribution in [0.3, 0.4) is 0 Å². The molecule has 32 heavy (non-hydrogen) atoms. The minimum atomic E-state index is -1.23. The molecule has 0 saturated carbocycles. The first-order valence-electron chi connectivity index (χ1n) is 10.5. The van der Waals surface area contributed by atoms with Crippen molar-refractivity contribution in [3.05, 3.63) is 81.9 Å². The quantitative estimate of drug-likeness (QED) is 0.290. The fraction of sp³-hybridized carbons (Fsp3) is 0.280. The van der Waals surface area contributed by atoms with E-state index in [9.17, 15) is 13.2 Å². The van der Waals surface area contributed by atoms with Gasteiger partial charge in [-0.05, 0) is 37.1 Å². The van der Waals surface area contributed by atoms with Crippen LogP contribution >= 0.6 is 0 Å². The third-order valence-corrected chi connectivity index (χ3v) is 5.27.